The van der Waals surface area contributed by atoms with Gasteiger partial charge in [0.2, 0.25) is 0 Å². The maximum atomic E-state index is 9.57. The third-order valence-electron chi connectivity index (χ3n) is 5.10. The Bertz CT molecular complexity index is 552. The maximum Gasteiger partial charge on any atom is 0.162 e. The Balaban J connectivity index is 1.38. The van der Waals surface area contributed by atoms with E-state index in [1.54, 1.807) is 0 Å². The van der Waals surface area contributed by atoms with Gasteiger partial charge in [-0.3, -0.25) is 0 Å². The molecule has 2 saturated heterocycles. The van der Waals surface area contributed by atoms with Crippen molar-refractivity contribution in [3.63, 3.8) is 0 Å². The fraction of sp³-hybridized carbons (Fsp3) is 0.700. The number of aliphatic hydroxyl groups excluding tert-OH is 1. The summed E-state index contributed by atoms with van der Waals surface area (Å²) >= 11 is 3.52. The number of hydrogen-bond acceptors (Lipinski definition) is 5. The first-order chi connectivity index (χ1) is 12.7. The number of likely N-dealkylation sites (tertiary alicyclic amines) is 2. The van der Waals surface area contributed by atoms with Crippen molar-refractivity contribution in [2.24, 2.45) is 0 Å². The lowest BCUT2D eigenvalue weighted by molar-refractivity contribution is 0.172. The Kier molecular flexibility index (Phi) is 8.05. The average molecular weight is 427 g/mol. The van der Waals surface area contributed by atoms with Gasteiger partial charge in [-0.2, -0.15) is 0 Å². The first-order valence-electron chi connectivity index (χ1n) is 9.88. The molecule has 0 amide bonds. The van der Waals surface area contributed by atoms with Crippen molar-refractivity contribution in [1.29, 1.82) is 0 Å². The molecule has 2 fully saturated rings. The van der Waals surface area contributed by atoms with Gasteiger partial charge in [-0.1, -0.05) is 15.9 Å². The zero-order valence-corrected chi connectivity index (χ0v) is 17.1. The number of benzene rings is 1. The van der Waals surface area contributed by atoms with Crippen LogP contribution in [0.5, 0.6) is 11.5 Å². The van der Waals surface area contributed by atoms with Gasteiger partial charge in [0, 0.05) is 30.7 Å². The minimum atomic E-state index is -0.150. The lowest BCUT2D eigenvalue weighted by atomic mass is 10.3. The number of nitrogens with zero attached hydrogens (tertiary/aromatic N) is 2. The molecular formula is C20H31BrN2O3. The summed E-state index contributed by atoms with van der Waals surface area (Å²) in [5.74, 6) is 1.63. The predicted molar refractivity (Wildman–Crippen MR) is 107 cm³/mol. The van der Waals surface area contributed by atoms with E-state index in [2.05, 4.69) is 25.7 Å². The molecule has 1 aromatic rings. The van der Waals surface area contributed by atoms with E-state index in [0.29, 0.717) is 6.61 Å². The average Bonchev–Trinajstić information content (AvgIpc) is 3.29. The first kappa shape index (κ1) is 19.9. The van der Waals surface area contributed by atoms with Gasteiger partial charge in [-0.05, 0) is 63.4 Å². The van der Waals surface area contributed by atoms with Crippen LogP contribution in [0.15, 0.2) is 22.7 Å². The molecule has 1 unspecified atom stereocenters. The standard InChI is InChI=1S/C20H31BrN2O3/c21-17-5-6-19(25-13-4-11-23-12-7-18(24)16-23)20(15-17)26-14-3-10-22-8-1-2-9-22/h5-6,15,18,24H,1-4,7-14,16H2. The summed E-state index contributed by atoms with van der Waals surface area (Å²) < 4.78 is 13.0. The number of β-amino-alcohol motifs (C(OH)–C–C–N with tert-alkyl or cyclic N) is 1. The van der Waals surface area contributed by atoms with E-state index in [1.807, 2.05) is 18.2 Å². The second-order valence-electron chi connectivity index (χ2n) is 7.29. The third-order valence-corrected chi connectivity index (χ3v) is 5.60. The Morgan fingerprint density at radius 1 is 0.962 bits per heavy atom. The fourth-order valence-corrected chi connectivity index (χ4v) is 4.02. The predicted octanol–water partition coefficient (Wildman–Crippen LogP) is 3.15. The molecule has 1 atom stereocenters. The Labute approximate surface area is 165 Å². The van der Waals surface area contributed by atoms with E-state index >= 15 is 0 Å². The molecule has 2 heterocycles. The highest BCUT2D eigenvalue weighted by Crippen LogP contribution is 2.31. The molecule has 5 nitrogen and oxygen atoms in total. The number of hydrogen-bond donors (Lipinski definition) is 1. The Morgan fingerprint density at radius 3 is 2.35 bits per heavy atom. The normalized spacial score (nSPS) is 21.4. The highest BCUT2D eigenvalue weighted by molar-refractivity contribution is 9.10. The van der Waals surface area contributed by atoms with Crippen molar-refractivity contribution in [2.45, 2.75) is 38.2 Å². The molecule has 146 valence electrons. The molecule has 0 spiro atoms. The lowest BCUT2D eigenvalue weighted by Gasteiger charge is -2.17. The van der Waals surface area contributed by atoms with Crippen molar-refractivity contribution >= 4 is 15.9 Å². The van der Waals surface area contributed by atoms with Crippen LogP contribution in [0.4, 0.5) is 0 Å². The van der Waals surface area contributed by atoms with Crippen LogP contribution in [0.25, 0.3) is 0 Å². The molecule has 0 saturated carbocycles. The van der Waals surface area contributed by atoms with Crippen LogP contribution in [0.2, 0.25) is 0 Å². The smallest absolute Gasteiger partial charge is 0.162 e. The molecule has 2 aliphatic heterocycles. The van der Waals surface area contributed by atoms with Gasteiger partial charge in [-0.25, -0.2) is 0 Å². The second-order valence-corrected chi connectivity index (χ2v) is 8.20. The minimum Gasteiger partial charge on any atom is -0.490 e. The minimum absolute atomic E-state index is 0.150. The van der Waals surface area contributed by atoms with E-state index in [0.717, 1.165) is 68.0 Å². The summed E-state index contributed by atoms with van der Waals surface area (Å²) in [7, 11) is 0. The van der Waals surface area contributed by atoms with E-state index in [9.17, 15) is 5.11 Å². The van der Waals surface area contributed by atoms with Crippen molar-refractivity contribution in [3.05, 3.63) is 22.7 Å². The van der Waals surface area contributed by atoms with Gasteiger partial charge in [-0.15, -0.1) is 0 Å². The van der Waals surface area contributed by atoms with Crippen molar-refractivity contribution in [3.8, 4) is 11.5 Å². The number of rotatable bonds is 10. The molecule has 3 rings (SSSR count). The number of halogens is 1. The summed E-state index contributed by atoms with van der Waals surface area (Å²) in [6, 6.07) is 5.95. The van der Waals surface area contributed by atoms with Crippen LogP contribution >= 0.6 is 15.9 Å². The van der Waals surface area contributed by atoms with Gasteiger partial charge in [0.1, 0.15) is 0 Å². The summed E-state index contributed by atoms with van der Waals surface area (Å²) in [6.07, 6.45) is 5.41. The van der Waals surface area contributed by atoms with Gasteiger partial charge >= 0.3 is 0 Å². The van der Waals surface area contributed by atoms with E-state index in [4.69, 9.17) is 9.47 Å². The van der Waals surface area contributed by atoms with Gasteiger partial charge in [0.25, 0.3) is 0 Å². The molecular weight excluding hydrogens is 396 g/mol. The Morgan fingerprint density at radius 2 is 1.65 bits per heavy atom. The third kappa shape index (κ3) is 6.41. The van der Waals surface area contributed by atoms with Crippen molar-refractivity contribution in [1.82, 2.24) is 9.80 Å². The zero-order chi connectivity index (χ0) is 18.2. The molecule has 2 aliphatic rings. The molecule has 0 radical (unpaired) electrons. The van der Waals surface area contributed by atoms with E-state index in [1.165, 1.54) is 25.9 Å². The lowest BCUT2D eigenvalue weighted by Crippen LogP contribution is -2.24. The molecule has 1 aromatic carbocycles. The SMILES string of the molecule is OC1CCN(CCCOc2ccc(Br)cc2OCCCN2CCCC2)C1. The monoisotopic (exact) mass is 426 g/mol. The fourth-order valence-electron chi connectivity index (χ4n) is 3.68. The molecule has 6 heteroatoms. The topological polar surface area (TPSA) is 45.2 Å². The van der Waals surface area contributed by atoms with Crippen LogP contribution < -0.4 is 9.47 Å². The second kappa shape index (κ2) is 10.5. The highest BCUT2D eigenvalue weighted by atomic mass is 79.9. The zero-order valence-electron chi connectivity index (χ0n) is 15.5. The summed E-state index contributed by atoms with van der Waals surface area (Å²) in [5, 5.41) is 9.57. The first-order valence-corrected chi connectivity index (χ1v) is 10.7. The summed E-state index contributed by atoms with van der Waals surface area (Å²) in [6.45, 7) is 7.73. The largest absolute Gasteiger partial charge is 0.490 e. The van der Waals surface area contributed by atoms with Crippen molar-refractivity contribution in [2.75, 3.05) is 52.5 Å². The van der Waals surface area contributed by atoms with Crippen LogP contribution in [0.3, 0.4) is 0 Å². The van der Waals surface area contributed by atoms with Gasteiger partial charge in [0.15, 0.2) is 11.5 Å². The molecule has 0 aromatic heterocycles. The quantitative estimate of drug-likeness (QED) is 0.582. The van der Waals surface area contributed by atoms with Gasteiger partial charge < -0.3 is 24.4 Å². The number of aliphatic hydroxyl groups is 1. The summed E-state index contributed by atoms with van der Waals surface area (Å²) in [5.41, 5.74) is 0. The maximum absolute atomic E-state index is 9.57. The summed E-state index contributed by atoms with van der Waals surface area (Å²) in [4.78, 5) is 4.81. The van der Waals surface area contributed by atoms with E-state index in [-0.39, 0.29) is 6.10 Å². The molecule has 26 heavy (non-hydrogen) atoms. The van der Waals surface area contributed by atoms with Crippen LogP contribution in [-0.4, -0.2) is 73.5 Å². The molecule has 0 aliphatic carbocycles. The van der Waals surface area contributed by atoms with Crippen LogP contribution in [0.1, 0.15) is 32.1 Å². The van der Waals surface area contributed by atoms with Crippen LogP contribution in [0, 0.1) is 0 Å². The number of ether oxygens (including phenoxy) is 2. The highest BCUT2D eigenvalue weighted by Gasteiger charge is 2.19. The van der Waals surface area contributed by atoms with Gasteiger partial charge in [0.05, 0.1) is 19.3 Å². The van der Waals surface area contributed by atoms with Crippen molar-refractivity contribution < 1.29 is 14.6 Å². The van der Waals surface area contributed by atoms with Crippen LogP contribution in [-0.2, 0) is 0 Å². The van der Waals surface area contributed by atoms with E-state index < -0.39 is 0 Å². The Hall–Kier alpha value is -0.820. The molecule has 1 N–H and O–H groups in total. The molecule has 0 bridgehead atoms.